The van der Waals surface area contributed by atoms with Crippen molar-refractivity contribution in [2.75, 3.05) is 13.7 Å². The first-order chi connectivity index (χ1) is 10.7. The Morgan fingerprint density at radius 1 is 1.14 bits per heavy atom. The van der Waals surface area contributed by atoms with Crippen LogP contribution < -0.4 is 9.47 Å². The number of nitriles is 1. The van der Waals surface area contributed by atoms with Gasteiger partial charge in [-0.3, -0.25) is 4.79 Å². The highest BCUT2D eigenvalue weighted by molar-refractivity contribution is 5.97. The predicted octanol–water partition coefficient (Wildman–Crippen LogP) is 3.39. The number of carbonyl (C=O) groups excluding carboxylic acids is 1. The summed E-state index contributed by atoms with van der Waals surface area (Å²) in [4.78, 5) is 12.1. The molecule has 0 heterocycles. The molecule has 4 nitrogen and oxygen atoms in total. The Balaban J connectivity index is 2.06. The summed E-state index contributed by atoms with van der Waals surface area (Å²) >= 11 is 0. The molecule has 0 saturated heterocycles. The SMILES string of the molecule is CCc1ccc(C(=O)COc2ccc(C#N)cc2OC)cc1. The Hall–Kier alpha value is -2.80. The predicted molar refractivity (Wildman–Crippen MR) is 83.4 cm³/mol. The molecule has 2 aromatic rings. The highest BCUT2D eigenvalue weighted by Gasteiger charge is 2.10. The van der Waals surface area contributed by atoms with Crippen LogP contribution in [0.3, 0.4) is 0 Å². The van der Waals surface area contributed by atoms with E-state index >= 15 is 0 Å². The van der Waals surface area contributed by atoms with E-state index in [2.05, 4.69) is 6.92 Å². The third-order valence-corrected chi connectivity index (χ3v) is 3.34. The van der Waals surface area contributed by atoms with E-state index in [4.69, 9.17) is 14.7 Å². The summed E-state index contributed by atoms with van der Waals surface area (Å²) < 4.78 is 10.7. The van der Waals surface area contributed by atoms with Gasteiger partial charge in [-0.2, -0.15) is 5.26 Å². The first-order valence-corrected chi connectivity index (χ1v) is 7.01. The number of Topliss-reactive ketones (excluding diaryl/α,β-unsaturated/α-hetero) is 1. The molecule has 0 aliphatic heterocycles. The van der Waals surface area contributed by atoms with Gasteiger partial charge < -0.3 is 9.47 Å². The third-order valence-electron chi connectivity index (χ3n) is 3.34. The maximum atomic E-state index is 12.1. The summed E-state index contributed by atoms with van der Waals surface area (Å²) in [6.45, 7) is 1.99. The van der Waals surface area contributed by atoms with Gasteiger partial charge in [-0.15, -0.1) is 0 Å². The lowest BCUT2D eigenvalue weighted by Gasteiger charge is -2.10. The Morgan fingerprint density at radius 2 is 1.86 bits per heavy atom. The Labute approximate surface area is 129 Å². The van der Waals surface area contributed by atoms with Gasteiger partial charge in [-0.1, -0.05) is 31.2 Å². The molecule has 0 spiro atoms. The number of methoxy groups -OCH3 is 1. The van der Waals surface area contributed by atoms with Gasteiger partial charge in [0.25, 0.3) is 0 Å². The second-order valence-corrected chi connectivity index (χ2v) is 4.74. The van der Waals surface area contributed by atoms with Gasteiger partial charge in [0.05, 0.1) is 18.7 Å². The smallest absolute Gasteiger partial charge is 0.200 e. The fourth-order valence-electron chi connectivity index (χ4n) is 2.01. The molecule has 0 fully saturated rings. The number of ketones is 1. The van der Waals surface area contributed by atoms with E-state index in [1.165, 1.54) is 12.7 Å². The second kappa shape index (κ2) is 7.28. The lowest BCUT2D eigenvalue weighted by atomic mass is 10.1. The van der Waals surface area contributed by atoms with Crippen molar-refractivity contribution >= 4 is 5.78 Å². The van der Waals surface area contributed by atoms with E-state index in [1.807, 2.05) is 18.2 Å². The van der Waals surface area contributed by atoms with Crippen molar-refractivity contribution in [3.05, 3.63) is 59.2 Å². The number of aryl methyl sites for hydroxylation is 1. The van der Waals surface area contributed by atoms with Crippen molar-refractivity contribution < 1.29 is 14.3 Å². The molecule has 0 aromatic heterocycles. The zero-order valence-corrected chi connectivity index (χ0v) is 12.6. The summed E-state index contributed by atoms with van der Waals surface area (Å²) in [5.74, 6) is 0.780. The van der Waals surface area contributed by atoms with Crippen molar-refractivity contribution in [1.29, 1.82) is 5.26 Å². The topological polar surface area (TPSA) is 59.3 Å². The minimum absolute atomic E-state index is 0.0757. The average Bonchev–Trinajstić information content (AvgIpc) is 2.59. The van der Waals surface area contributed by atoms with E-state index in [0.29, 0.717) is 22.6 Å². The Kier molecular flexibility index (Phi) is 5.16. The van der Waals surface area contributed by atoms with Gasteiger partial charge in [0.2, 0.25) is 0 Å². The fourth-order valence-corrected chi connectivity index (χ4v) is 2.01. The number of hydrogen-bond acceptors (Lipinski definition) is 4. The fraction of sp³-hybridized carbons (Fsp3) is 0.222. The number of ether oxygens (including phenoxy) is 2. The van der Waals surface area contributed by atoms with Gasteiger partial charge in [-0.05, 0) is 24.1 Å². The van der Waals surface area contributed by atoms with Gasteiger partial charge in [0.15, 0.2) is 23.9 Å². The molecule has 4 heteroatoms. The van der Waals surface area contributed by atoms with Crippen LogP contribution in [0.25, 0.3) is 0 Å². The van der Waals surface area contributed by atoms with Crippen LogP contribution in [0.15, 0.2) is 42.5 Å². The molecular weight excluding hydrogens is 278 g/mol. The van der Waals surface area contributed by atoms with Crippen LogP contribution >= 0.6 is 0 Å². The molecular formula is C18H17NO3. The minimum Gasteiger partial charge on any atom is -0.493 e. The maximum Gasteiger partial charge on any atom is 0.200 e. The molecule has 0 unspecified atom stereocenters. The van der Waals surface area contributed by atoms with Crippen molar-refractivity contribution in [2.45, 2.75) is 13.3 Å². The molecule has 2 aromatic carbocycles. The van der Waals surface area contributed by atoms with Crippen molar-refractivity contribution in [2.24, 2.45) is 0 Å². The molecule has 0 radical (unpaired) electrons. The zero-order valence-electron chi connectivity index (χ0n) is 12.6. The van der Waals surface area contributed by atoms with Gasteiger partial charge in [-0.25, -0.2) is 0 Å². The maximum absolute atomic E-state index is 12.1. The van der Waals surface area contributed by atoms with Gasteiger partial charge in [0.1, 0.15) is 0 Å². The normalized spacial score (nSPS) is 9.86. The van der Waals surface area contributed by atoms with Crippen LogP contribution in [0.4, 0.5) is 0 Å². The number of nitrogens with zero attached hydrogens (tertiary/aromatic N) is 1. The molecule has 0 atom stereocenters. The highest BCUT2D eigenvalue weighted by Crippen LogP contribution is 2.27. The molecule has 0 N–H and O–H groups in total. The number of benzene rings is 2. The van der Waals surface area contributed by atoms with Crippen LogP contribution in [0.2, 0.25) is 0 Å². The van der Waals surface area contributed by atoms with Crippen LogP contribution in [-0.4, -0.2) is 19.5 Å². The van der Waals surface area contributed by atoms with E-state index < -0.39 is 0 Å². The summed E-state index contributed by atoms with van der Waals surface area (Å²) in [5.41, 5.74) is 2.28. The molecule has 0 aliphatic carbocycles. The van der Waals surface area contributed by atoms with Gasteiger partial charge >= 0.3 is 0 Å². The number of carbonyl (C=O) groups is 1. The summed E-state index contributed by atoms with van der Waals surface area (Å²) in [6.07, 6.45) is 0.938. The highest BCUT2D eigenvalue weighted by atomic mass is 16.5. The van der Waals surface area contributed by atoms with E-state index in [0.717, 1.165) is 6.42 Å². The lowest BCUT2D eigenvalue weighted by molar-refractivity contribution is 0.0919. The molecule has 22 heavy (non-hydrogen) atoms. The first kappa shape index (κ1) is 15.6. The molecule has 0 bridgehead atoms. The van der Waals surface area contributed by atoms with Crippen LogP contribution in [0, 0.1) is 11.3 Å². The van der Waals surface area contributed by atoms with E-state index in [-0.39, 0.29) is 12.4 Å². The molecule has 2 rings (SSSR count). The second-order valence-electron chi connectivity index (χ2n) is 4.74. The monoisotopic (exact) mass is 295 g/mol. The molecule has 0 amide bonds. The Bertz CT molecular complexity index is 699. The van der Waals surface area contributed by atoms with Crippen molar-refractivity contribution in [3.8, 4) is 17.6 Å². The number of rotatable bonds is 6. The van der Waals surface area contributed by atoms with Crippen LogP contribution in [0.5, 0.6) is 11.5 Å². The zero-order chi connectivity index (χ0) is 15.9. The largest absolute Gasteiger partial charge is 0.493 e. The molecule has 0 saturated carbocycles. The molecule has 112 valence electrons. The summed E-state index contributed by atoms with van der Waals surface area (Å²) in [7, 11) is 1.49. The Morgan fingerprint density at radius 3 is 2.45 bits per heavy atom. The average molecular weight is 295 g/mol. The van der Waals surface area contributed by atoms with E-state index in [1.54, 1.807) is 30.3 Å². The summed E-state index contributed by atoms with van der Waals surface area (Å²) in [6, 6.07) is 14.4. The third kappa shape index (κ3) is 3.64. The number of hydrogen-bond donors (Lipinski definition) is 0. The van der Waals surface area contributed by atoms with Crippen LogP contribution in [0.1, 0.15) is 28.4 Å². The molecule has 0 aliphatic rings. The quantitative estimate of drug-likeness (QED) is 0.766. The summed E-state index contributed by atoms with van der Waals surface area (Å²) in [5, 5.41) is 8.86. The lowest BCUT2D eigenvalue weighted by Crippen LogP contribution is -2.12. The van der Waals surface area contributed by atoms with Crippen molar-refractivity contribution in [1.82, 2.24) is 0 Å². The minimum atomic E-state index is -0.103. The van der Waals surface area contributed by atoms with Crippen LogP contribution in [-0.2, 0) is 6.42 Å². The standard InChI is InChI=1S/C18H17NO3/c1-3-13-4-7-15(8-5-13)16(20)12-22-17-9-6-14(11-19)10-18(17)21-2/h4-10H,3,12H2,1-2H3. The first-order valence-electron chi connectivity index (χ1n) is 7.01. The van der Waals surface area contributed by atoms with E-state index in [9.17, 15) is 4.79 Å². The van der Waals surface area contributed by atoms with Crippen molar-refractivity contribution in [3.63, 3.8) is 0 Å². The van der Waals surface area contributed by atoms with Gasteiger partial charge in [0, 0.05) is 11.6 Å².